The van der Waals surface area contributed by atoms with Gasteiger partial charge in [-0.1, -0.05) is 17.8 Å². The minimum atomic E-state index is -0.379. The van der Waals surface area contributed by atoms with Crippen molar-refractivity contribution >= 4 is 41.2 Å². The number of thioether (sulfide) groups is 1. The van der Waals surface area contributed by atoms with Crippen LogP contribution in [0.15, 0.2) is 22.7 Å². The van der Waals surface area contributed by atoms with Crippen molar-refractivity contribution in [3.05, 3.63) is 28.2 Å². The molecule has 3 N–H and O–H groups in total. The summed E-state index contributed by atoms with van der Waals surface area (Å²) in [5.74, 6) is 0.465. The van der Waals surface area contributed by atoms with Gasteiger partial charge in [-0.15, -0.1) is 16.4 Å². The quantitative estimate of drug-likeness (QED) is 0.805. The zero-order valence-corrected chi connectivity index (χ0v) is 10.4. The van der Waals surface area contributed by atoms with Gasteiger partial charge in [0.25, 0.3) is 0 Å². The Balaban J connectivity index is 1.96. The minimum Gasteiger partial charge on any atom is -0.369 e. The molecule has 2 aromatic rings. The van der Waals surface area contributed by atoms with Crippen LogP contribution < -0.4 is 5.73 Å². The van der Waals surface area contributed by atoms with E-state index in [0.717, 1.165) is 4.88 Å². The molecule has 2 heterocycles. The second-order valence-electron chi connectivity index (χ2n) is 3.11. The Hall–Kier alpha value is -1.60. The Labute approximate surface area is 106 Å². The Morgan fingerprint density at radius 3 is 3.18 bits per heavy atom. The number of nitrogens with one attached hydrogen (secondary N) is 1. The van der Waals surface area contributed by atoms with Crippen molar-refractivity contribution in [2.45, 2.75) is 5.16 Å². The van der Waals surface area contributed by atoms with Crippen molar-refractivity contribution in [3.63, 3.8) is 0 Å². The average molecular weight is 266 g/mol. The van der Waals surface area contributed by atoms with Gasteiger partial charge in [-0.05, 0) is 23.6 Å². The zero-order chi connectivity index (χ0) is 12.1. The highest BCUT2D eigenvalue weighted by Crippen LogP contribution is 2.14. The summed E-state index contributed by atoms with van der Waals surface area (Å²) >= 11 is 2.86. The summed E-state index contributed by atoms with van der Waals surface area (Å²) in [6.07, 6.45) is 3.79. The number of hydrogen-bond acceptors (Lipinski definition) is 5. The van der Waals surface area contributed by atoms with E-state index in [-0.39, 0.29) is 11.7 Å². The van der Waals surface area contributed by atoms with Crippen molar-refractivity contribution < 1.29 is 4.79 Å². The van der Waals surface area contributed by atoms with E-state index in [2.05, 4.69) is 15.2 Å². The first-order chi connectivity index (χ1) is 8.24. The summed E-state index contributed by atoms with van der Waals surface area (Å²) in [6, 6.07) is 4.00. The second-order valence-corrected chi connectivity index (χ2v) is 5.03. The smallest absolute Gasteiger partial charge is 0.227 e. The van der Waals surface area contributed by atoms with Gasteiger partial charge in [0, 0.05) is 4.88 Å². The molecule has 0 aromatic carbocycles. The molecule has 0 unspecified atom stereocenters. The van der Waals surface area contributed by atoms with Crippen LogP contribution in [0, 0.1) is 0 Å². The third-order valence-corrected chi connectivity index (χ3v) is 3.48. The Bertz CT molecular complexity index is 518. The molecule has 0 bridgehead atoms. The van der Waals surface area contributed by atoms with Crippen LogP contribution in [0.4, 0.5) is 0 Å². The van der Waals surface area contributed by atoms with Crippen LogP contribution in [0.5, 0.6) is 0 Å². The van der Waals surface area contributed by atoms with Gasteiger partial charge in [-0.25, -0.2) is 4.98 Å². The van der Waals surface area contributed by atoms with Crippen LogP contribution in [-0.4, -0.2) is 26.8 Å². The lowest BCUT2D eigenvalue weighted by Crippen LogP contribution is -2.13. The number of carbonyl (C=O) groups is 1. The molecule has 88 valence electrons. The number of nitrogens with two attached hydrogens (primary N) is 1. The summed E-state index contributed by atoms with van der Waals surface area (Å²) in [5, 5.41) is 9.27. The van der Waals surface area contributed by atoms with Crippen molar-refractivity contribution in [1.29, 1.82) is 0 Å². The summed E-state index contributed by atoms with van der Waals surface area (Å²) in [7, 11) is 0. The van der Waals surface area contributed by atoms with Crippen molar-refractivity contribution in [3.8, 4) is 0 Å². The van der Waals surface area contributed by atoms with Gasteiger partial charge in [0.2, 0.25) is 11.1 Å². The first kappa shape index (κ1) is 11.9. The molecule has 2 rings (SSSR count). The molecule has 0 aliphatic heterocycles. The number of rotatable bonds is 5. The van der Waals surface area contributed by atoms with Crippen LogP contribution in [0.3, 0.4) is 0 Å². The number of amides is 1. The van der Waals surface area contributed by atoms with E-state index in [1.54, 1.807) is 11.3 Å². The molecule has 0 spiro atoms. The van der Waals surface area contributed by atoms with Gasteiger partial charge in [0.05, 0.1) is 5.75 Å². The molecule has 0 aliphatic rings. The van der Waals surface area contributed by atoms with Crippen LogP contribution in [0.25, 0.3) is 12.2 Å². The third kappa shape index (κ3) is 3.72. The van der Waals surface area contributed by atoms with Crippen LogP contribution in [-0.2, 0) is 4.79 Å². The minimum absolute atomic E-state index is 0.186. The Morgan fingerprint density at radius 1 is 1.59 bits per heavy atom. The van der Waals surface area contributed by atoms with E-state index < -0.39 is 0 Å². The maximum absolute atomic E-state index is 10.6. The molecule has 0 aliphatic carbocycles. The first-order valence-electron chi connectivity index (χ1n) is 4.79. The maximum Gasteiger partial charge on any atom is 0.227 e. The van der Waals surface area contributed by atoms with E-state index >= 15 is 0 Å². The molecule has 0 saturated carbocycles. The van der Waals surface area contributed by atoms with Crippen LogP contribution >= 0.6 is 23.1 Å². The fraction of sp³-hybridized carbons (Fsp3) is 0.100. The van der Waals surface area contributed by atoms with Crippen LogP contribution in [0.1, 0.15) is 10.7 Å². The standard InChI is InChI=1S/C10H10N4OS2/c11-8(15)6-17-10-12-9(13-14-10)4-3-7-2-1-5-16-7/h1-5H,6H2,(H2,11,15)(H,12,13,14). The van der Waals surface area contributed by atoms with Gasteiger partial charge < -0.3 is 5.73 Å². The fourth-order valence-electron chi connectivity index (χ4n) is 1.08. The highest BCUT2D eigenvalue weighted by molar-refractivity contribution is 7.99. The summed E-state index contributed by atoms with van der Waals surface area (Å²) in [6.45, 7) is 0. The molecular weight excluding hydrogens is 256 g/mol. The summed E-state index contributed by atoms with van der Waals surface area (Å²) < 4.78 is 0. The number of carbonyl (C=O) groups excluding carboxylic acids is 1. The Morgan fingerprint density at radius 2 is 2.47 bits per heavy atom. The Kier molecular flexibility index (Phi) is 3.94. The molecule has 0 fully saturated rings. The SMILES string of the molecule is NC(=O)CSc1n[nH]c(C=Cc2cccs2)n1. The molecule has 0 saturated heterocycles. The van der Waals surface area contributed by atoms with E-state index in [1.165, 1.54) is 11.8 Å². The largest absolute Gasteiger partial charge is 0.369 e. The van der Waals surface area contributed by atoms with E-state index in [4.69, 9.17) is 5.73 Å². The lowest BCUT2D eigenvalue weighted by molar-refractivity contribution is -0.115. The molecule has 5 nitrogen and oxygen atoms in total. The van der Waals surface area contributed by atoms with Crippen molar-refractivity contribution in [2.75, 3.05) is 5.75 Å². The van der Waals surface area contributed by atoms with E-state index in [0.29, 0.717) is 11.0 Å². The number of primary amides is 1. The van der Waals surface area contributed by atoms with E-state index in [1.807, 2.05) is 29.7 Å². The molecule has 1 amide bonds. The number of nitrogens with zero attached hydrogens (tertiary/aromatic N) is 2. The normalized spacial score (nSPS) is 11.1. The highest BCUT2D eigenvalue weighted by Gasteiger charge is 2.03. The molecule has 2 aromatic heterocycles. The monoisotopic (exact) mass is 266 g/mol. The first-order valence-corrected chi connectivity index (χ1v) is 6.65. The molecular formula is C10H10N4OS2. The third-order valence-electron chi connectivity index (χ3n) is 1.77. The van der Waals surface area contributed by atoms with Crippen LogP contribution in [0.2, 0.25) is 0 Å². The molecule has 0 atom stereocenters. The predicted molar refractivity (Wildman–Crippen MR) is 69.5 cm³/mol. The lowest BCUT2D eigenvalue weighted by atomic mass is 10.4. The number of H-pyrrole nitrogens is 1. The van der Waals surface area contributed by atoms with Gasteiger partial charge >= 0.3 is 0 Å². The zero-order valence-electron chi connectivity index (χ0n) is 8.79. The number of aromatic amines is 1. The molecule has 17 heavy (non-hydrogen) atoms. The maximum atomic E-state index is 10.6. The van der Waals surface area contributed by atoms with Gasteiger partial charge in [-0.3, -0.25) is 9.89 Å². The lowest BCUT2D eigenvalue weighted by Gasteiger charge is -1.88. The molecule has 0 radical (unpaired) electrons. The van der Waals surface area contributed by atoms with Gasteiger partial charge in [0.1, 0.15) is 5.82 Å². The second kappa shape index (κ2) is 5.65. The predicted octanol–water partition coefficient (Wildman–Crippen LogP) is 1.61. The number of hydrogen-bond donors (Lipinski definition) is 2. The van der Waals surface area contributed by atoms with Gasteiger partial charge in [-0.2, -0.15) is 0 Å². The summed E-state index contributed by atoms with van der Waals surface area (Å²) in [5.41, 5.74) is 5.03. The van der Waals surface area contributed by atoms with Crippen molar-refractivity contribution in [2.24, 2.45) is 5.73 Å². The summed E-state index contributed by atoms with van der Waals surface area (Å²) in [4.78, 5) is 15.9. The highest BCUT2D eigenvalue weighted by atomic mass is 32.2. The average Bonchev–Trinajstić information content (AvgIpc) is 2.95. The van der Waals surface area contributed by atoms with Gasteiger partial charge in [0.15, 0.2) is 0 Å². The topological polar surface area (TPSA) is 84.7 Å². The van der Waals surface area contributed by atoms with Crippen molar-refractivity contribution in [1.82, 2.24) is 15.2 Å². The number of thiophene rings is 1. The number of aromatic nitrogens is 3. The van der Waals surface area contributed by atoms with E-state index in [9.17, 15) is 4.79 Å². The molecule has 7 heteroatoms. The fourth-order valence-corrected chi connectivity index (χ4v) is 2.24.